The second kappa shape index (κ2) is 4.80. The zero-order valence-electron chi connectivity index (χ0n) is 10.8. The Morgan fingerprint density at radius 2 is 2.21 bits per heavy atom. The number of nitrogens with one attached hydrogen (secondary N) is 2. The number of fused-ring (bicyclic) bond motifs is 1. The van der Waals surface area contributed by atoms with Gasteiger partial charge in [-0.3, -0.25) is 4.79 Å². The molecule has 0 saturated carbocycles. The SMILES string of the molecule is CC(Nc1ccc2c(c1)CCC(=O)N2)c1ccco1. The molecule has 4 heteroatoms. The van der Waals surface area contributed by atoms with Crippen LogP contribution in [-0.4, -0.2) is 5.91 Å². The first-order valence-electron chi connectivity index (χ1n) is 6.45. The monoisotopic (exact) mass is 256 g/mol. The lowest BCUT2D eigenvalue weighted by Gasteiger charge is -2.19. The predicted molar refractivity (Wildman–Crippen MR) is 74.1 cm³/mol. The van der Waals surface area contributed by atoms with Gasteiger partial charge in [-0.2, -0.15) is 0 Å². The number of amides is 1. The largest absolute Gasteiger partial charge is 0.467 e. The van der Waals surface area contributed by atoms with Crippen molar-refractivity contribution in [1.29, 1.82) is 0 Å². The highest BCUT2D eigenvalue weighted by atomic mass is 16.3. The van der Waals surface area contributed by atoms with E-state index in [1.807, 2.05) is 24.3 Å². The first-order valence-corrected chi connectivity index (χ1v) is 6.45. The number of hydrogen-bond acceptors (Lipinski definition) is 3. The van der Waals surface area contributed by atoms with Gasteiger partial charge in [0.1, 0.15) is 5.76 Å². The second-order valence-electron chi connectivity index (χ2n) is 4.80. The topological polar surface area (TPSA) is 54.3 Å². The fourth-order valence-corrected chi connectivity index (χ4v) is 2.33. The summed E-state index contributed by atoms with van der Waals surface area (Å²) in [5, 5.41) is 6.28. The minimum absolute atomic E-state index is 0.0946. The third-order valence-corrected chi connectivity index (χ3v) is 3.35. The van der Waals surface area contributed by atoms with Crippen LogP contribution in [0.2, 0.25) is 0 Å². The molecule has 0 bridgehead atoms. The number of anilines is 2. The Balaban J connectivity index is 1.77. The molecule has 0 saturated heterocycles. The molecule has 2 N–H and O–H groups in total. The number of aryl methyl sites for hydroxylation is 1. The van der Waals surface area contributed by atoms with Gasteiger partial charge in [0, 0.05) is 17.8 Å². The van der Waals surface area contributed by atoms with Crippen LogP contribution in [0.1, 0.15) is 30.7 Å². The van der Waals surface area contributed by atoms with E-state index < -0.39 is 0 Å². The predicted octanol–water partition coefficient (Wildman–Crippen LogP) is 3.34. The van der Waals surface area contributed by atoms with Crippen LogP contribution in [0.4, 0.5) is 11.4 Å². The summed E-state index contributed by atoms with van der Waals surface area (Å²) < 4.78 is 5.37. The molecule has 19 heavy (non-hydrogen) atoms. The normalized spacial score (nSPS) is 15.5. The summed E-state index contributed by atoms with van der Waals surface area (Å²) >= 11 is 0. The Labute approximate surface area is 111 Å². The van der Waals surface area contributed by atoms with Gasteiger partial charge in [-0.1, -0.05) is 0 Å². The molecular weight excluding hydrogens is 240 g/mol. The first kappa shape index (κ1) is 11.8. The van der Waals surface area contributed by atoms with Crippen molar-refractivity contribution in [3.63, 3.8) is 0 Å². The molecule has 98 valence electrons. The maximum absolute atomic E-state index is 11.3. The minimum Gasteiger partial charge on any atom is -0.467 e. The van der Waals surface area contributed by atoms with E-state index in [0.717, 1.165) is 23.6 Å². The maximum Gasteiger partial charge on any atom is 0.224 e. The van der Waals surface area contributed by atoms with Crippen LogP contribution in [0, 0.1) is 0 Å². The van der Waals surface area contributed by atoms with Crippen molar-refractivity contribution in [2.75, 3.05) is 10.6 Å². The smallest absolute Gasteiger partial charge is 0.224 e. The van der Waals surface area contributed by atoms with Crippen LogP contribution >= 0.6 is 0 Å². The van der Waals surface area contributed by atoms with Gasteiger partial charge in [0.15, 0.2) is 0 Å². The number of carbonyl (C=O) groups excluding carboxylic acids is 1. The molecule has 0 spiro atoms. The zero-order valence-corrected chi connectivity index (χ0v) is 10.8. The van der Waals surface area contributed by atoms with Gasteiger partial charge >= 0.3 is 0 Å². The second-order valence-corrected chi connectivity index (χ2v) is 4.80. The summed E-state index contributed by atoms with van der Waals surface area (Å²) in [7, 11) is 0. The van der Waals surface area contributed by atoms with E-state index >= 15 is 0 Å². The quantitative estimate of drug-likeness (QED) is 0.885. The highest BCUT2D eigenvalue weighted by molar-refractivity contribution is 5.94. The zero-order chi connectivity index (χ0) is 13.2. The van der Waals surface area contributed by atoms with Crippen molar-refractivity contribution < 1.29 is 9.21 Å². The van der Waals surface area contributed by atoms with Gasteiger partial charge in [-0.05, 0) is 49.2 Å². The highest BCUT2D eigenvalue weighted by Crippen LogP contribution is 2.27. The van der Waals surface area contributed by atoms with E-state index in [9.17, 15) is 4.79 Å². The molecule has 4 nitrogen and oxygen atoms in total. The maximum atomic E-state index is 11.3. The summed E-state index contributed by atoms with van der Waals surface area (Å²) in [6.45, 7) is 2.06. The van der Waals surface area contributed by atoms with Gasteiger partial charge in [-0.15, -0.1) is 0 Å². The van der Waals surface area contributed by atoms with Gasteiger partial charge in [0.05, 0.1) is 12.3 Å². The average molecular weight is 256 g/mol. The van der Waals surface area contributed by atoms with Crippen molar-refractivity contribution in [2.45, 2.75) is 25.8 Å². The van der Waals surface area contributed by atoms with E-state index in [1.165, 1.54) is 5.56 Å². The summed E-state index contributed by atoms with van der Waals surface area (Å²) in [4.78, 5) is 11.3. The molecule has 0 aliphatic carbocycles. The Kier molecular flexibility index (Phi) is 2.99. The van der Waals surface area contributed by atoms with Crippen molar-refractivity contribution in [1.82, 2.24) is 0 Å². The molecule has 1 aliphatic heterocycles. The standard InChI is InChI=1S/C15H16N2O2/c1-10(14-3-2-8-19-14)16-12-5-6-13-11(9-12)4-7-15(18)17-13/h2-3,5-6,8-10,16H,4,7H2,1H3,(H,17,18). The lowest BCUT2D eigenvalue weighted by atomic mass is 10.0. The molecule has 3 rings (SSSR count). The molecule has 2 aromatic rings. The Bertz CT molecular complexity index is 590. The summed E-state index contributed by atoms with van der Waals surface area (Å²) in [6, 6.07) is 9.97. The van der Waals surface area contributed by atoms with Crippen molar-refractivity contribution in [3.8, 4) is 0 Å². The number of benzene rings is 1. The molecule has 1 aromatic heterocycles. The van der Waals surface area contributed by atoms with Gasteiger partial charge in [-0.25, -0.2) is 0 Å². The molecule has 1 atom stereocenters. The third kappa shape index (κ3) is 2.47. The molecule has 0 radical (unpaired) electrons. The van der Waals surface area contributed by atoms with Crippen molar-refractivity contribution in [2.24, 2.45) is 0 Å². The number of rotatable bonds is 3. The minimum atomic E-state index is 0.0946. The van der Waals surface area contributed by atoms with E-state index in [0.29, 0.717) is 6.42 Å². The fraction of sp³-hybridized carbons (Fsp3) is 0.267. The number of furan rings is 1. The van der Waals surface area contributed by atoms with Gasteiger partial charge in [0.2, 0.25) is 5.91 Å². The lowest BCUT2D eigenvalue weighted by Crippen LogP contribution is -2.19. The van der Waals surface area contributed by atoms with E-state index in [2.05, 4.69) is 23.6 Å². The molecular formula is C15H16N2O2. The summed E-state index contributed by atoms with van der Waals surface area (Å²) in [5.74, 6) is 1.00. The molecule has 1 unspecified atom stereocenters. The molecule has 0 fully saturated rings. The average Bonchev–Trinajstić information content (AvgIpc) is 2.93. The van der Waals surface area contributed by atoms with E-state index in [-0.39, 0.29) is 11.9 Å². The third-order valence-electron chi connectivity index (χ3n) is 3.35. The Morgan fingerprint density at radius 1 is 1.32 bits per heavy atom. The lowest BCUT2D eigenvalue weighted by molar-refractivity contribution is -0.116. The molecule has 1 amide bonds. The fourth-order valence-electron chi connectivity index (χ4n) is 2.33. The van der Waals surface area contributed by atoms with Crippen LogP contribution in [0.15, 0.2) is 41.0 Å². The van der Waals surface area contributed by atoms with Crippen LogP contribution in [0.3, 0.4) is 0 Å². The van der Waals surface area contributed by atoms with Gasteiger partial charge < -0.3 is 15.1 Å². The van der Waals surface area contributed by atoms with E-state index in [4.69, 9.17) is 4.42 Å². The molecule has 2 heterocycles. The van der Waals surface area contributed by atoms with Crippen molar-refractivity contribution in [3.05, 3.63) is 47.9 Å². The van der Waals surface area contributed by atoms with Crippen LogP contribution in [0.5, 0.6) is 0 Å². The summed E-state index contributed by atoms with van der Waals surface area (Å²) in [5.41, 5.74) is 3.14. The first-order chi connectivity index (χ1) is 9.22. The molecule has 1 aromatic carbocycles. The van der Waals surface area contributed by atoms with E-state index in [1.54, 1.807) is 6.26 Å². The summed E-state index contributed by atoms with van der Waals surface area (Å²) in [6.07, 6.45) is 3.03. The van der Waals surface area contributed by atoms with Gasteiger partial charge in [0.25, 0.3) is 0 Å². The van der Waals surface area contributed by atoms with Crippen LogP contribution in [0.25, 0.3) is 0 Å². The Morgan fingerprint density at radius 3 is 3.00 bits per heavy atom. The Hall–Kier alpha value is -2.23. The van der Waals surface area contributed by atoms with Crippen LogP contribution < -0.4 is 10.6 Å². The highest BCUT2D eigenvalue weighted by Gasteiger charge is 2.15. The molecule has 1 aliphatic rings. The number of carbonyl (C=O) groups is 1. The van der Waals surface area contributed by atoms with Crippen molar-refractivity contribution >= 4 is 17.3 Å². The number of hydrogen-bond donors (Lipinski definition) is 2. The van der Waals surface area contributed by atoms with Crippen LogP contribution in [-0.2, 0) is 11.2 Å².